The topological polar surface area (TPSA) is 131 Å². The molecule has 3 N–H and O–H groups in total. The molecule has 9 nitrogen and oxygen atoms in total. The number of aromatic nitrogens is 2. The second kappa shape index (κ2) is 10.0. The number of benzene rings is 1. The number of ether oxygens (including phenoxy) is 1. The molecular formula is C19H23FN4O5S. The second-order valence-corrected chi connectivity index (χ2v) is 8.59. The molecule has 3 rings (SSSR count). The van der Waals surface area contributed by atoms with Gasteiger partial charge in [-0.1, -0.05) is 6.07 Å². The summed E-state index contributed by atoms with van der Waals surface area (Å²) < 4.78 is 46.7. The average Bonchev–Trinajstić information content (AvgIpc) is 2.75. The predicted octanol–water partition coefficient (Wildman–Crippen LogP) is 0.623. The zero-order chi connectivity index (χ0) is 21.6. The lowest BCUT2D eigenvalue weighted by Crippen LogP contribution is -2.51. The number of carbonyl (C=O) groups is 1. The number of rotatable bonds is 8. The van der Waals surface area contributed by atoms with Crippen molar-refractivity contribution in [2.24, 2.45) is 0 Å². The Morgan fingerprint density at radius 1 is 1.30 bits per heavy atom. The highest BCUT2D eigenvalue weighted by atomic mass is 32.2. The lowest BCUT2D eigenvalue weighted by Gasteiger charge is -2.36. The van der Waals surface area contributed by atoms with E-state index in [1.165, 1.54) is 30.7 Å². The second-order valence-electron chi connectivity index (χ2n) is 6.88. The third kappa shape index (κ3) is 5.79. The molecular weight excluding hydrogens is 415 g/mol. The zero-order valence-corrected chi connectivity index (χ0v) is 16.9. The summed E-state index contributed by atoms with van der Waals surface area (Å²) >= 11 is 0. The fraction of sp³-hybridized carbons (Fsp3) is 0.421. The van der Waals surface area contributed by atoms with Crippen molar-refractivity contribution >= 4 is 15.9 Å². The average molecular weight is 438 g/mol. The summed E-state index contributed by atoms with van der Waals surface area (Å²) in [6, 6.07) is 4.06. The van der Waals surface area contributed by atoms with E-state index in [2.05, 4.69) is 20.0 Å². The van der Waals surface area contributed by atoms with Crippen LogP contribution < -0.4 is 10.0 Å². The van der Waals surface area contributed by atoms with E-state index in [-0.39, 0.29) is 29.2 Å². The maximum Gasteiger partial charge on any atom is 0.271 e. The number of hydrogen-bond acceptors (Lipinski definition) is 7. The third-order valence-electron chi connectivity index (χ3n) is 4.76. The van der Waals surface area contributed by atoms with Gasteiger partial charge in [-0.25, -0.2) is 22.5 Å². The number of halogens is 1. The van der Waals surface area contributed by atoms with Crippen molar-refractivity contribution in [2.75, 3.05) is 13.2 Å². The normalized spacial score (nSPS) is 21.9. The lowest BCUT2D eigenvalue weighted by molar-refractivity contribution is -0.0871. The van der Waals surface area contributed by atoms with Crippen molar-refractivity contribution in [1.29, 1.82) is 0 Å². The Labute approximate surface area is 173 Å². The van der Waals surface area contributed by atoms with Crippen LogP contribution in [-0.2, 0) is 14.8 Å². The van der Waals surface area contributed by atoms with E-state index >= 15 is 0 Å². The molecule has 0 unspecified atom stereocenters. The zero-order valence-electron chi connectivity index (χ0n) is 16.1. The summed E-state index contributed by atoms with van der Waals surface area (Å²) in [7, 11) is -3.95. The van der Waals surface area contributed by atoms with E-state index in [1.807, 2.05) is 0 Å². The summed E-state index contributed by atoms with van der Waals surface area (Å²) in [4.78, 5) is 19.5. The van der Waals surface area contributed by atoms with Gasteiger partial charge in [0.2, 0.25) is 10.0 Å². The van der Waals surface area contributed by atoms with Crippen LogP contribution in [0.25, 0.3) is 0 Å². The molecule has 11 heteroatoms. The van der Waals surface area contributed by atoms with E-state index in [9.17, 15) is 22.7 Å². The van der Waals surface area contributed by atoms with Gasteiger partial charge in [-0.2, -0.15) is 0 Å². The standard InChI is InChI=1S/C19H23FN4O5S/c20-13-2-1-3-15(10-13)30(27,28)24-16-5-4-14(29-18(16)12-25)6-7-23-19(26)17-11-21-8-9-22-17/h1-3,8-11,14,16,18,24-25H,4-7,12H2,(H,23,26)/t14-,16+,18-/m1/s1. The Kier molecular flexibility index (Phi) is 7.43. The molecule has 1 aliphatic heterocycles. The SMILES string of the molecule is O=C(NCC[C@H]1CC[C@H](NS(=O)(=O)c2cccc(F)c2)[C@@H](CO)O1)c1cnccn1. The van der Waals surface area contributed by atoms with E-state index < -0.39 is 28.0 Å². The Morgan fingerprint density at radius 2 is 2.13 bits per heavy atom. The number of sulfonamides is 1. The Balaban J connectivity index is 1.51. The Bertz CT molecular complexity index is 960. The van der Waals surface area contributed by atoms with Gasteiger partial charge in [0.25, 0.3) is 5.91 Å². The summed E-state index contributed by atoms with van der Waals surface area (Å²) in [6.45, 7) is -0.0449. The van der Waals surface area contributed by atoms with Gasteiger partial charge < -0.3 is 15.2 Å². The molecule has 2 heterocycles. The maximum atomic E-state index is 13.4. The Hall–Kier alpha value is -2.47. The molecule has 162 valence electrons. The fourth-order valence-corrected chi connectivity index (χ4v) is 4.56. The van der Waals surface area contributed by atoms with E-state index in [4.69, 9.17) is 4.74 Å². The molecule has 1 fully saturated rings. The van der Waals surface area contributed by atoms with Gasteiger partial charge in [0.15, 0.2) is 0 Å². The van der Waals surface area contributed by atoms with Crippen molar-refractivity contribution in [1.82, 2.24) is 20.0 Å². The molecule has 0 radical (unpaired) electrons. The van der Waals surface area contributed by atoms with Gasteiger partial charge >= 0.3 is 0 Å². The Morgan fingerprint density at radius 3 is 2.83 bits per heavy atom. The van der Waals surface area contributed by atoms with Crippen molar-refractivity contribution in [2.45, 2.75) is 42.4 Å². The minimum absolute atomic E-state index is 0.187. The number of amides is 1. The largest absolute Gasteiger partial charge is 0.394 e. The molecule has 30 heavy (non-hydrogen) atoms. The summed E-state index contributed by atoms with van der Waals surface area (Å²) in [5.41, 5.74) is 0.210. The molecule has 0 bridgehead atoms. The lowest BCUT2D eigenvalue weighted by atomic mass is 9.98. The number of hydrogen-bond donors (Lipinski definition) is 3. The summed E-state index contributed by atoms with van der Waals surface area (Å²) in [5, 5.41) is 12.4. The number of aliphatic hydroxyl groups excluding tert-OH is 1. The van der Waals surface area contributed by atoms with Crippen molar-refractivity contribution < 1.29 is 27.4 Å². The first-order valence-corrected chi connectivity index (χ1v) is 11.0. The third-order valence-corrected chi connectivity index (χ3v) is 6.24. The minimum atomic E-state index is -3.95. The van der Waals surface area contributed by atoms with Crippen LogP contribution in [0.1, 0.15) is 29.8 Å². The van der Waals surface area contributed by atoms with Crippen LogP contribution >= 0.6 is 0 Å². The van der Waals surface area contributed by atoms with Crippen LogP contribution in [0.15, 0.2) is 47.8 Å². The molecule has 0 spiro atoms. The molecule has 0 saturated carbocycles. The van der Waals surface area contributed by atoms with Crippen molar-refractivity contribution in [3.05, 3.63) is 54.4 Å². The first-order chi connectivity index (χ1) is 14.4. The monoisotopic (exact) mass is 438 g/mol. The van der Waals surface area contributed by atoms with Gasteiger partial charge in [0, 0.05) is 18.9 Å². The highest BCUT2D eigenvalue weighted by molar-refractivity contribution is 7.89. The molecule has 3 atom stereocenters. The number of nitrogens with one attached hydrogen (secondary N) is 2. The molecule has 1 aromatic heterocycles. The number of carbonyl (C=O) groups excluding carboxylic acids is 1. The van der Waals surface area contributed by atoms with Crippen molar-refractivity contribution in [3.8, 4) is 0 Å². The van der Waals surface area contributed by atoms with Gasteiger partial charge in [0.1, 0.15) is 11.5 Å². The first kappa shape index (κ1) is 22.2. The maximum absolute atomic E-state index is 13.4. The molecule has 0 aliphatic carbocycles. The van der Waals surface area contributed by atoms with Gasteiger partial charge in [-0.05, 0) is 37.5 Å². The predicted molar refractivity (Wildman–Crippen MR) is 104 cm³/mol. The molecule has 1 amide bonds. The number of nitrogens with zero attached hydrogens (tertiary/aromatic N) is 2. The minimum Gasteiger partial charge on any atom is -0.394 e. The van der Waals surface area contributed by atoms with Crippen LogP contribution in [-0.4, -0.2) is 60.8 Å². The van der Waals surface area contributed by atoms with Crippen LogP contribution in [0, 0.1) is 5.82 Å². The molecule has 1 aliphatic rings. The van der Waals surface area contributed by atoms with E-state index in [1.54, 1.807) is 0 Å². The van der Waals surface area contributed by atoms with Gasteiger partial charge in [0.05, 0.1) is 35.9 Å². The van der Waals surface area contributed by atoms with Crippen LogP contribution in [0.3, 0.4) is 0 Å². The van der Waals surface area contributed by atoms with Crippen LogP contribution in [0.2, 0.25) is 0 Å². The van der Waals surface area contributed by atoms with Crippen molar-refractivity contribution in [3.63, 3.8) is 0 Å². The van der Waals surface area contributed by atoms with Crippen LogP contribution in [0.5, 0.6) is 0 Å². The summed E-state index contributed by atoms with van der Waals surface area (Å²) in [5.74, 6) is -1.00. The number of aliphatic hydroxyl groups is 1. The quantitative estimate of drug-likeness (QED) is 0.551. The summed E-state index contributed by atoms with van der Waals surface area (Å²) in [6.07, 6.45) is 4.73. The highest BCUT2D eigenvalue weighted by Gasteiger charge is 2.34. The van der Waals surface area contributed by atoms with Gasteiger partial charge in [-0.15, -0.1) is 0 Å². The molecule has 1 saturated heterocycles. The van der Waals surface area contributed by atoms with E-state index in [0.29, 0.717) is 25.8 Å². The van der Waals surface area contributed by atoms with Gasteiger partial charge in [-0.3, -0.25) is 9.78 Å². The first-order valence-electron chi connectivity index (χ1n) is 9.47. The molecule has 2 aromatic rings. The molecule has 1 aromatic carbocycles. The highest BCUT2D eigenvalue weighted by Crippen LogP contribution is 2.23. The van der Waals surface area contributed by atoms with Crippen LogP contribution in [0.4, 0.5) is 4.39 Å². The van der Waals surface area contributed by atoms with E-state index in [0.717, 1.165) is 12.1 Å². The smallest absolute Gasteiger partial charge is 0.271 e. The fourth-order valence-electron chi connectivity index (χ4n) is 3.23.